The van der Waals surface area contributed by atoms with Crippen LogP contribution in [0.3, 0.4) is 0 Å². The number of carbonyl (C=O) groups excluding carboxylic acids is 1. The molecule has 1 atom stereocenters. The molecule has 0 bridgehead atoms. The summed E-state index contributed by atoms with van der Waals surface area (Å²) in [6.45, 7) is 1.93. The van der Waals surface area contributed by atoms with Crippen LogP contribution >= 0.6 is 0 Å². The van der Waals surface area contributed by atoms with Gasteiger partial charge in [-0.15, -0.1) is 0 Å². The average molecular weight is 419 g/mol. The van der Waals surface area contributed by atoms with Crippen molar-refractivity contribution in [3.8, 4) is 0 Å². The first-order chi connectivity index (χ1) is 15.2. The maximum atomic E-state index is 12.9. The molecular formula is C24H30N6O. The second-order valence-corrected chi connectivity index (χ2v) is 8.79. The summed E-state index contributed by atoms with van der Waals surface area (Å²) in [6.07, 6.45) is 8.21. The van der Waals surface area contributed by atoms with E-state index in [9.17, 15) is 4.79 Å². The Morgan fingerprint density at radius 2 is 2.03 bits per heavy atom. The van der Waals surface area contributed by atoms with Gasteiger partial charge < -0.3 is 20.9 Å². The number of nitrogens with zero attached hydrogens (tertiary/aromatic N) is 3. The van der Waals surface area contributed by atoms with Gasteiger partial charge in [0, 0.05) is 19.3 Å². The Kier molecular flexibility index (Phi) is 5.49. The smallest absolute Gasteiger partial charge is 0.317 e. The fourth-order valence-corrected chi connectivity index (χ4v) is 4.87. The lowest BCUT2D eigenvalue weighted by Gasteiger charge is -2.38. The first-order valence-corrected chi connectivity index (χ1v) is 11.4. The van der Waals surface area contributed by atoms with Crippen molar-refractivity contribution < 1.29 is 4.79 Å². The number of fused-ring (bicyclic) bond motifs is 1. The van der Waals surface area contributed by atoms with Gasteiger partial charge in [0.1, 0.15) is 11.4 Å². The van der Waals surface area contributed by atoms with Gasteiger partial charge in [-0.2, -0.15) is 0 Å². The van der Waals surface area contributed by atoms with Gasteiger partial charge in [-0.3, -0.25) is 4.99 Å². The zero-order valence-corrected chi connectivity index (χ0v) is 17.8. The molecule has 7 heteroatoms. The number of aliphatic imine (C=N–C) groups is 1. The van der Waals surface area contributed by atoms with Crippen LogP contribution in [0.2, 0.25) is 0 Å². The van der Waals surface area contributed by atoms with E-state index >= 15 is 0 Å². The highest BCUT2D eigenvalue weighted by Crippen LogP contribution is 2.36. The van der Waals surface area contributed by atoms with Crippen LogP contribution in [0, 0.1) is 0 Å². The van der Waals surface area contributed by atoms with Gasteiger partial charge in [-0.05, 0) is 43.4 Å². The fraction of sp³-hybridized carbons (Fsp3) is 0.458. The number of anilines is 2. The number of rotatable bonds is 4. The van der Waals surface area contributed by atoms with Crippen LogP contribution in [0.4, 0.5) is 16.3 Å². The van der Waals surface area contributed by atoms with Gasteiger partial charge in [0.05, 0.1) is 18.3 Å². The summed E-state index contributed by atoms with van der Waals surface area (Å²) in [6, 6.07) is 14.6. The van der Waals surface area contributed by atoms with Crippen molar-refractivity contribution in [1.29, 1.82) is 0 Å². The molecular weight excluding hydrogens is 388 g/mol. The lowest BCUT2D eigenvalue weighted by atomic mass is 9.93. The van der Waals surface area contributed by atoms with Crippen molar-refractivity contribution in [2.24, 2.45) is 4.99 Å². The average Bonchev–Trinajstić information content (AvgIpc) is 3.46. The van der Waals surface area contributed by atoms with Crippen LogP contribution in [0.5, 0.6) is 0 Å². The Hall–Kier alpha value is -3.09. The van der Waals surface area contributed by atoms with Crippen molar-refractivity contribution in [3.05, 3.63) is 54.2 Å². The zero-order chi connectivity index (χ0) is 21.1. The highest BCUT2D eigenvalue weighted by molar-refractivity contribution is 6.09. The van der Waals surface area contributed by atoms with Crippen molar-refractivity contribution >= 4 is 23.4 Å². The number of nitrogens with one attached hydrogen (secondary N) is 3. The van der Waals surface area contributed by atoms with E-state index in [1.807, 2.05) is 35.2 Å². The van der Waals surface area contributed by atoms with Crippen LogP contribution in [0.15, 0.2) is 53.7 Å². The molecule has 5 rings (SSSR count). The van der Waals surface area contributed by atoms with Gasteiger partial charge >= 0.3 is 6.03 Å². The summed E-state index contributed by atoms with van der Waals surface area (Å²) in [7, 11) is 0. The quantitative estimate of drug-likeness (QED) is 0.708. The summed E-state index contributed by atoms with van der Waals surface area (Å²) in [4.78, 5) is 24.4. The Balaban J connectivity index is 1.29. The van der Waals surface area contributed by atoms with E-state index in [0.29, 0.717) is 25.7 Å². The molecule has 2 aromatic rings. The molecule has 162 valence electrons. The molecule has 3 aliphatic rings. The van der Waals surface area contributed by atoms with Gasteiger partial charge in [0.2, 0.25) is 0 Å². The highest BCUT2D eigenvalue weighted by atomic mass is 16.2. The normalized spacial score (nSPS) is 24.1. The first-order valence-electron chi connectivity index (χ1n) is 11.4. The number of amidine groups is 1. The molecule has 7 nitrogen and oxygen atoms in total. The predicted molar refractivity (Wildman–Crippen MR) is 124 cm³/mol. The maximum absolute atomic E-state index is 12.9. The van der Waals surface area contributed by atoms with E-state index in [1.165, 1.54) is 18.4 Å². The molecule has 3 N–H and O–H groups in total. The van der Waals surface area contributed by atoms with Gasteiger partial charge in [-0.25, -0.2) is 9.78 Å². The number of benzene rings is 1. The molecule has 2 amide bonds. The lowest BCUT2D eigenvalue weighted by molar-refractivity contribution is 0.208. The summed E-state index contributed by atoms with van der Waals surface area (Å²) >= 11 is 0. The third-order valence-electron chi connectivity index (χ3n) is 6.60. The Labute approximate surface area is 183 Å². The molecule has 31 heavy (non-hydrogen) atoms. The summed E-state index contributed by atoms with van der Waals surface area (Å²) < 4.78 is 0. The van der Waals surface area contributed by atoms with Crippen LogP contribution in [-0.2, 0) is 6.42 Å². The largest absolute Gasteiger partial charge is 0.368 e. The third kappa shape index (κ3) is 4.22. The lowest BCUT2D eigenvalue weighted by Crippen LogP contribution is -2.56. The standard InChI is InChI=1S/C24H30N6O/c31-23(26-15-12-18-7-2-1-3-8-18)30-16-13-24(17-30)22(27-19-9-4-5-10-19)28-21-20(29-24)11-6-14-25-21/h1-3,6-8,11,14,19,29H,4-5,9-10,12-13,15-17H2,(H,26,31)(H,25,27,28)/t24-/m1/s1. The van der Waals surface area contributed by atoms with E-state index in [2.05, 4.69) is 33.1 Å². The number of amides is 2. The van der Waals surface area contributed by atoms with E-state index in [-0.39, 0.29) is 11.6 Å². The highest BCUT2D eigenvalue weighted by Gasteiger charge is 2.47. The van der Waals surface area contributed by atoms with Crippen molar-refractivity contribution in [1.82, 2.24) is 15.2 Å². The Morgan fingerprint density at radius 1 is 1.19 bits per heavy atom. The number of aromatic nitrogens is 1. The van der Waals surface area contributed by atoms with Crippen molar-refractivity contribution in [2.75, 3.05) is 30.3 Å². The van der Waals surface area contributed by atoms with E-state index in [1.54, 1.807) is 6.20 Å². The minimum Gasteiger partial charge on any atom is -0.368 e. The number of likely N-dealkylation sites (tertiary alicyclic amines) is 1. The van der Waals surface area contributed by atoms with Crippen LogP contribution in [0.25, 0.3) is 0 Å². The second-order valence-electron chi connectivity index (χ2n) is 8.79. The monoisotopic (exact) mass is 418 g/mol. The molecule has 3 heterocycles. The second kappa shape index (κ2) is 8.57. The molecule has 1 aromatic heterocycles. The first kappa shape index (κ1) is 19.8. The van der Waals surface area contributed by atoms with Crippen molar-refractivity contribution in [2.45, 2.75) is 50.1 Å². The van der Waals surface area contributed by atoms with Gasteiger partial charge in [0.15, 0.2) is 5.82 Å². The molecule has 2 fully saturated rings. The molecule has 1 aromatic carbocycles. The number of pyridine rings is 1. The zero-order valence-electron chi connectivity index (χ0n) is 17.8. The minimum absolute atomic E-state index is 0.00759. The number of urea groups is 1. The molecule has 1 aliphatic carbocycles. The molecule has 1 spiro atoms. The van der Waals surface area contributed by atoms with Gasteiger partial charge in [0.25, 0.3) is 0 Å². The topological polar surface area (TPSA) is 81.7 Å². The number of carbonyl (C=O) groups is 1. The summed E-state index contributed by atoms with van der Waals surface area (Å²) in [5.41, 5.74) is 1.82. The number of hydrogen-bond donors (Lipinski definition) is 3. The van der Waals surface area contributed by atoms with E-state index < -0.39 is 0 Å². The SMILES string of the molecule is O=C(NCCc1ccccc1)N1CC[C@]2(C1)Nc1cccnc1NC2=NC1CCCC1. The third-order valence-corrected chi connectivity index (χ3v) is 6.60. The van der Waals surface area contributed by atoms with Gasteiger partial charge in [-0.1, -0.05) is 43.2 Å². The summed E-state index contributed by atoms with van der Waals surface area (Å²) in [5.74, 6) is 1.75. The maximum Gasteiger partial charge on any atom is 0.317 e. The van der Waals surface area contributed by atoms with Crippen LogP contribution < -0.4 is 16.0 Å². The molecule has 0 radical (unpaired) electrons. The molecule has 2 aliphatic heterocycles. The van der Waals surface area contributed by atoms with E-state index in [4.69, 9.17) is 4.99 Å². The minimum atomic E-state index is -0.380. The van der Waals surface area contributed by atoms with Crippen molar-refractivity contribution in [3.63, 3.8) is 0 Å². The summed E-state index contributed by atoms with van der Waals surface area (Å²) in [5, 5.41) is 10.3. The molecule has 0 unspecified atom stereocenters. The number of hydrogen-bond acceptors (Lipinski definition) is 4. The predicted octanol–water partition coefficient (Wildman–Crippen LogP) is 3.66. The Morgan fingerprint density at radius 3 is 2.87 bits per heavy atom. The fourth-order valence-electron chi connectivity index (χ4n) is 4.87. The molecule has 1 saturated carbocycles. The van der Waals surface area contributed by atoms with E-state index in [0.717, 1.165) is 43.0 Å². The molecule has 1 saturated heterocycles. The Bertz CT molecular complexity index is 956. The van der Waals surface area contributed by atoms with Crippen LogP contribution in [0.1, 0.15) is 37.7 Å². The van der Waals surface area contributed by atoms with Crippen LogP contribution in [-0.4, -0.2) is 53.0 Å².